The van der Waals surface area contributed by atoms with Gasteiger partial charge in [-0.2, -0.15) is 13.2 Å². The molecule has 16 heteroatoms. The summed E-state index contributed by atoms with van der Waals surface area (Å²) in [4.78, 5) is 24.6. The predicted molar refractivity (Wildman–Crippen MR) is 134 cm³/mol. The first-order chi connectivity index (χ1) is 18.2. The SMILES string of the molecule is O=C([C@@H]1CSCN1C(=O)O)N1CCC(NS(=O)(=O)c2cc(S(=O)(=O)c3ccccc3)ccc2C(F)(F)F)CC1. The van der Waals surface area contributed by atoms with Crippen LogP contribution in [-0.2, 0) is 30.8 Å². The van der Waals surface area contributed by atoms with Gasteiger partial charge in [0.1, 0.15) is 6.04 Å². The minimum Gasteiger partial charge on any atom is -0.465 e. The number of nitrogens with one attached hydrogen (secondary N) is 1. The van der Waals surface area contributed by atoms with E-state index in [9.17, 15) is 44.7 Å². The fourth-order valence-electron chi connectivity index (χ4n) is 4.41. The number of likely N-dealkylation sites (tertiary alicyclic amines) is 1. The van der Waals surface area contributed by atoms with Crippen molar-refractivity contribution in [1.82, 2.24) is 14.5 Å². The van der Waals surface area contributed by atoms with Crippen molar-refractivity contribution in [2.24, 2.45) is 0 Å². The number of thioether (sulfide) groups is 1. The van der Waals surface area contributed by atoms with E-state index in [0.29, 0.717) is 17.9 Å². The highest BCUT2D eigenvalue weighted by atomic mass is 32.2. The van der Waals surface area contributed by atoms with E-state index in [2.05, 4.69) is 4.72 Å². The average molecular weight is 608 g/mol. The molecular formula is C23H24F3N3O7S3. The summed E-state index contributed by atoms with van der Waals surface area (Å²) in [7, 11) is -9.14. The van der Waals surface area contributed by atoms with Gasteiger partial charge in [0.25, 0.3) is 0 Å². The van der Waals surface area contributed by atoms with Crippen molar-refractivity contribution < 1.29 is 44.7 Å². The van der Waals surface area contributed by atoms with Crippen LogP contribution in [0.15, 0.2) is 63.2 Å². The third kappa shape index (κ3) is 6.18. The third-order valence-corrected chi connectivity index (χ3v) is 10.8. The van der Waals surface area contributed by atoms with E-state index < -0.39 is 65.5 Å². The monoisotopic (exact) mass is 607 g/mol. The van der Waals surface area contributed by atoms with Crippen LogP contribution in [0.1, 0.15) is 18.4 Å². The van der Waals surface area contributed by atoms with Gasteiger partial charge in [-0.25, -0.2) is 26.4 Å². The molecule has 0 aliphatic carbocycles. The summed E-state index contributed by atoms with van der Waals surface area (Å²) < 4.78 is 95.7. The van der Waals surface area contributed by atoms with Crippen LogP contribution in [0.25, 0.3) is 0 Å². The molecule has 2 saturated heterocycles. The predicted octanol–water partition coefficient (Wildman–Crippen LogP) is 2.86. The molecule has 0 aromatic heterocycles. The Bertz CT molecular complexity index is 1460. The fraction of sp³-hybridized carbons (Fsp3) is 0.391. The second kappa shape index (κ2) is 11.0. The lowest BCUT2D eigenvalue weighted by molar-refractivity contribution is -0.140. The second-order valence-corrected chi connectivity index (χ2v) is 13.6. The topological polar surface area (TPSA) is 141 Å². The summed E-state index contributed by atoms with van der Waals surface area (Å²) >= 11 is 1.29. The smallest absolute Gasteiger partial charge is 0.417 e. The Balaban J connectivity index is 1.54. The maximum atomic E-state index is 13.8. The number of piperidine rings is 1. The van der Waals surface area contributed by atoms with Gasteiger partial charge in [-0.1, -0.05) is 18.2 Å². The summed E-state index contributed by atoms with van der Waals surface area (Å²) in [5, 5.41) is 9.27. The summed E-state index contributed by atoms with van der Waals surface area (Å²) in [6.07, 6.45) is -6.16. The minimum absolute atomic E-state index is 0.0647. The molecule has 0 saturated carbocycles. The molecule has 39 heavy (non-hydrogen) atoms. The molecule has 2 aromatic rings. The number of sulfonamides is 1. The van der Waals surface area contributed by atoms with Gasteiger partial charge in [0, 0.05) is 24.9 Å². The van der Waals surface area contributed by atoms with E-state index in [1.54, 1.807) is 6.07 Å². The van der Waals surface area contributed by atoms with Crippen molar-refractivity contribution in [3.63, 3.8) is 0 Å². The number of carbonyl (C=O) groups is 2. The lowest BCUT2D eigenvalue weighted by Gasteiger charge is -2.35. The zero-order valence-electron chi connectivity index (χ0n) is 20.2. The number of nitrogens with zero attached hydrogens (tertiary/aromatic N) is 2. The molecule has 2 aliphatic heterocycles. The highest BCUT2D eigenvalue weighted by Crippen LogP contribution is 2.36. The molecule has 0 bridgehead atoms. The van der Waals surface area contributed by atoms with E-state index >= 15 is 0 Å². The number of hydrogen-bond donors (Lipinski definition) is 2. The van der Waals surface area contributed by atoms with Crippen LogP contribution < -0.4 is 4.72 Å². The van der Waals surface area contributed by atoms with Crippen LogP contribution in [0.5, 0.6) is 0 Å². The Morgan fingerprint density at radius 3 is 2.21 bits per heavy atom. The first kappa shape index (κ1) is 29.2. The number of amides is 2. The van der Waals surface area contributed by atoms with E-state index in [1.807, 2.05) is 0 Å². The van der Waals surface area contributed by atoms with E-state index in [1.165, 1.54) is 40.9 Å². The molecule has 2 aliphatic rings. The van der Waals surface area contributed by atoms with Gasteiger partial charge in [-0.05, 0) is 43.2 Å². The molecule has 212 valence electrons. The molecule has 2 amide bonds. The molecule has 2 N–H and O–H groups in total. The lowest BCUT2D eigenvalue weighted by atomic mass is 10.1. The number of benzene rings is 2. The minimum atomic E-state index is -5.08. The molecule has 0 unspecified atom stereocenters. The number of alkyl halides is 3. The van der Waals surface area contributed by atoms with E-state index in [0.717, 1.165) is 11.0 Å². The maximum Gasteiger partial charge on any atom is 0.417 e. The largest absolute Gasteiger partial charge is 0.465 e. The van der Waals surface area contributed by atoms with Crippen molar-refractivity contribution in [2.75, 3.05) is 24.7 Å². The van der Waals surface area contributed by atoms with Crippen LogP contribution in [0.2, 0.25) is 0 Å². The number of carbonyl (C=O) groups excluding carboxylic acids is 1. The highest BCUT2D eigenvalue weighted by molar-refractivity contribution is 7.99. The molecule has 2 aromatic carbocycles. The number of halogens is 3. The Morgan fingerprint density at radius 2 is 1.62 bits per heavy atom. The van der Waals surface area contributed by atoms with Gasteiger partial charge in [0.2, 0.25) is 25.8 Å². The van der Waals surface area contributed by atoms with Crippen LogP contribution in [0, 0.1) is 0 Å². The fourth-order valence-corrected chi connectivity index (χ4v) is 8.49. The van der Waals surface area contributed by atoms with E-state index in [-0.39, 0.29) is 36.7 Å². The zero-order chi connectivity index (χ0) is 28.6. The van der Waals surface area contributed by atoms with Crippen LogP contribution in [-0.4, -0.2) is 80.5 Å². The molecular weight excluding hydrogens is 583 g/mol. The first-order valence-corrected chi connectivity index (χ1v) is 15.7. The summed E-state index contributed by atoms with van der Waals surface area (Å²) in [5.74, 6) is 0.0322. The van der Waals surface area contributed by atoms with Gasteiger partial charge in [-0.3, -0.25) is 9.69 Å². The average Bonchev–Trinajstić information content (AvgIpc) is 3.39. The Labute approximate surface area is 227 Å². The first-order valence-electron chi connectivity index (χ1n) is 11.6. The molecule has 0 spiro atoms. The van der Waals surface area contributed by atoms with Crippen molar-refractivity contribution in [3.8, 4) is 0 Å². The Hall–Kier alpha value is -2.82. The van der Waals surface area contributed by atoms with Gasteiger partial charge >= 0.3 is 12.3 Å². The number of hydrogen-bond acceptors (Lipinski definition) is 7. The van der Waals surface area contributed by atoms with Crippen LogP contribution in [0.3, 0.4) is 0 Å². The van der Waals surface area contributed by atoms with Crippen molar-refractivity contribution in [1.29, 1.82) is 0 Å². The normalized spacial score (nSPS) is 19.3. The van der Waals surface area contributed by atoms with Crippen molar-refractivity contribution in [3.05, 3.63) is 54.1 Å². The van der Waals surface area contributed by atoms with Gasteiger partial charge < -0.3 is 10.0 Å². The second-order valence-electron chi connectivity index (χ2n) is 8.96. The molecule has 0 radical (unpaired) electrons. The van der Waals surface area contributed by atoms with Crippen LogP contribution >= 0.6 is 11.8 Å². The Morgan fingerprint density at radius 1 is 0.974 bits per heavy atom. The van der Waals surface area contributed by atoms with Gasteiger partial charge in [-0.15, -0.1) is 11.8 Å². The number of rotatable bonds is 6. The van der Waals surface area contributed by atoms with Crippen molar-refractivity contribution in [2.45, 2.75) is 45.8 Å². The van der Waals surface area contributed by atoms with Crippen molar-refractivity contribution >= 4 is 43.6 Å². The number of sulfone groups is 1. The summed E-state index contributed by atoms with van der Waals surface area (Å²) in [5.41, 5.74) is -1.51. The standard InChI is InChI=1S/C23H24F3N3O7S3/c24-23(25,26)18-7-6-17(38(33,34)16-4-2-1-3-5-16)12-20(18)39(35,36)27-15-8-10-28(11-9-15)21(30)19-13-37-14-29(19)22(31)32/h1-7,12,15,19,27H,8-11,13-14H2,(H,31,32)/t19-/m0/s1. The molecule has 4 rings (SSSR count). The van der Waals surface area contributed by atoms with E-state index in [4.69, 9.17) is 0 Å². The molecule has 2 fully saturated rings. The van der Waals surface area contributed by atoms with Gasteiger partial charge in [0.15, 0.2) is 0 Å². The Kier molecular flexibility index (Phi) is 8.21. The molecule has 2 heterocycles. The van der Waals surface area contributed by atoms with Crippen LogP contribution in [0.4, 0.5) is 18.0 Å². The number of carboxylic acid groups (broad SMARTS) is 1. The van der Waals surface area contributed by atoms with Gasteiger partial charge in [0.05, 0.1) is 26.1 Å². The molecule has 1 atom stereocenters. The maximum absolute atomic E-state index is 13.8. The zero-order valence-corrected chi connectivity index (χ0v) is 22.6. The summed E-state index contributed by atoms with van der Waals surface area (Å²) in [6.45, 7) is 0.129. The quantitative estimate of drug-likeness (QED) is 0.511. The highest BCUT2D eigenvalue weighted by Gasteiger charge is 2.41. The third-order valence-electron chi connectivity index (χ3n) is 6.45. The summed E-state index contributed by atoms with van der Waals surface area (Å²) in [6, 6.07) is 6.87. The molecule has 10 nitrogen and oxygen atoms in total. The lowest BCUT2D eigenvalue weighted by Crippen LogP contribution is -2.53.